The van der Waals surface area contributed by atoms with Crippen molar-refractivity contribution in [1.29, 1.82) is 0 Å². The Morgan fingerprint density at radius 1 is 0.544 bits per heavy atom. The number of carbonyl (C=O) groups is 12. The number of thioether (sulfide) groups is 1. The van der Waals surface area contributed by atoms with Gasteiger partial charge in [-0.2, -0.15) is 11.8 Å². The Labute approximate surface area is 608 Å². The molecule has 0 aliphatic heterocycles. The van der Waals surface area contributed by atoms with Gasteiger partial charge >= 0.3 is 6.09 Å². The number of aromatic nitrogens is 2. The van der Waals surface area contributed by atoms with Crippen molar-refractivity contribution in [3.05, 3.63) is 66.2 Å². The van der Waals surface area contributed by atoms with Gasteiger partial charge in [0.15, 0.2) is 0 Å². The molecule has 2 aromatic carbocycles. The first-order valence-corrected chi connectivity index (χ1v) is 37.1. The van der Waals surface area contributed by atoms with Crippen molar-refractivity contribution in [1.82, 2.24) is 68.2 Å². The van der Waals surface area contributed by atoms with Crippen LogP contribution in [-0.4, -0.2) is 196 Å². The molecule has 3 aromatic rings. The molecule has 0 fully saturated rings. The van der Waals surface area contributed by atoms with Crippen LogP contribution < -0.4 is 82.0 Å². The van der Waals surface area contributed by atoms with Gasteiger partial charge in [0.25, 0.3) is 5.91 Å². The van der Waals surface area contributed by atoms with Crippen LogP contribution in [0.1, 0.15) is 157 Å². The van der Waals surface area contributed by atoms with Gasteiger partial charge in [-0.25, -0.2) is 14.7 Å². The molecule has 0 saturated carbocycles. The Balaban J connectivity index is 1.91. The second kappa shape index (κ2) is 47.8. The van der Waals surface area contributed by atoms with Gasteiger partial charge in [0, 0.05) is 18.3 Å². The summed E-state index contributed by atoms with van der Waals surface area (Å²) in [6.45, 7) is 13.6. The van der Waals surface area contributed by atoms with E-state index in [1.54, 1.807) is 59.9 Å². The summed E-state index contributed by atoms with van der Waals surface area (Å²) in [7, 11) is 0. The molecule has 1 aromatic heterocycles. The number of primary amides is 1. The predicted molar refractivity (Wildman–Crippen MR) is 392 cm³/mol. The number of imidazole rings is 1. The molecule has 103 heavy (non-hydrogen) atoms. The number of hydroxylamine groups is 1. The second-order valence-corrected chi connectivity index (χ2v) is 28.1. The number of benzene rings is 2. The topological polar surface area (TPSA) is 517 Å². The third-order valence-corrected chi connectivity index (χ3v) is 17.7. The molecule has 3 rings (SSSR count). The van der Waals surface area contributed by atoms with Crippen molar-refractivity contribution >= 4 is 93.6 Å². The zero-order valence-electron chi connectivity index (χ0n) is 61.3. The number of nitrogens with one attached hydrogen (secondary N) is 11. The number of hydrogen-bond acceptors (Lipinski definition) is 21. The highest BCUT2D eigenvalue weighted by Crippen LogP contribution is 2.20. The number of fused-ring (bicyclic) bond motifs is 1. The first-order chi connectivity index (χ1) is 49.0. The van der Waals surface area contributed by atoms with E-state index in [0.717, 1.165) is 15.7 Å². The molecule has 22 N–H and O–H groups in total. The molecule has 11 atom stereocenters. The normalized spacial score (nSPS) is 14.6. The van der Waals surface area contributed by atoms with Gasteiger partial charge in [-0.15, -0.1) is 5.48 Å². The summed E-state index contributed by atoms with van der Waals surface area (Å²) >= 11 is 1.34. The Bertz CT molecular complexity index is 3180. The Kier molecular flexibility index (Phi) is 41.3. The van der Waals surface area contributed by atoms with Crippen LogP contribution in [-0.2, 0) is 70.5 Å². The number of imide groups is 1. The summed E-state index contributed by atoms with van der Waals surface area (Å²) in [5.74, 6) is -9.56. The number of nitrogens with two attached hydrogens (primary N) is 5. The lowest BCUT2D eigenvalue weighted by molar-refractivity contribution is -0.137. The number of rotatable bonds is 50. The summed E-state index contributed by atoms with van der Waals surface area (Å²) in [5.41, 5.74) is 31.9. The predicted octanol–water partition coefficient (Wildman–Crippen LogP) is 0.268. The molecule has 33 heteroatoms. The molecule has 0 saturated heterocycles. The van der Waals surface area contributed by atoms with Crippen molar-refractivity contribution in [3.63, 3.8) is 0 Å². The van der Waals surface area contributed by atoms with Crippen LogP contribution in [0.15, 0.2) is 55.0 Å². The smallest absolute Gasteiger partial charge is 0.394 e. The number of amides is 12. The van der Waals surface area contributed by atoms with Crippen LogP contribution in [0.5, 0.6) is 0 Å². The van der Waals surface area contributed by atoms with E-state index in [9.17, 15) is 62.6 Å². The third-order valence-electron chi connectivity index (χ3n) is 17.0. The van der Waals surface area contributed by atoms with Crippen LogP contribution in [0, 0.1) is 23.7 Å². The Morgan fingerprint density at radius 2 is 1.01 bits per heavy atom. The lowest BCUT2D eigenvalue weighted by atomic mass is 9.96. The fourth-order valence-corrected chi connectivity index (χ4v) is 11.6. The van der Waals surface area contributed by atoms with Gasteiger partial charge in [0.05, 0.1) is 26.0 Å². The average Bonchev–Trinajstić information content (AvgIpc) is 0.930. The molecule has 0 radical (unpaired) electrons. The largest absolute Gasteiger partial charge is 0.435 e. The Morgan fingerprint density at radius 3 is 1.50 bits per heavy atom. The summed E-state index contributed by atoms with van der Waals surface area (Å²) in [4.78, 5) is 182. The van der Waals surface area contributed by atoms with Crippen LogP contribution in [0.2, 0.25) is 0 Å². The van der Waals surface area contributed by atoms with E-state index in [1.807, 2.05) is 44.2 Å². The molecule has 12 amide bonds. The molecule has 1 heterocycles. The zero-order chi connectivity index (χ0) is 76.7. The molecule has 0 spiro atoms. The summed E-state index contributed by atoms with van der Waals surface area (Å²) in [6, 6.07) is -0.380. The fourth-order valence-electron chi connectivity index (χ4n) is 11.1. The van der Waals surface area contributed by atoms with E-state index in [-0.39, 0.29) is 82.2 Å². The highest BCUT2D eigenvalue weighted by molar-refractivity contribution is 7.98. The van der Waals surface area contributed by atoms with Crippen LogP contribution >= 0.6 is 11.8 Å². The van der Waals surface area contributed by atoms with Crippen LogP contribution in [0.25, 0.3) is 10.8 Å². The minimum absolute atomic E-state index is 0.00357. The van der Waals surface area contributed by atoms with E-state index in [2.05, 4.69) is 63.3 Å². The lowest BCUT2D eigenvalue weighted by Gasteiger charge is -2.30. The van der Waals surface area contributed by atoms with Gasteiger partial charge < -0.3 is 91.4 Å². The van der Waals surface area contributed by atoms with E-state index < -0.39 is 151 Å². The second-order valence-electron chi connectivity index (χ2n) is 27.2. The number of unbranched alkanes of at least 4 members (excludes halogenated alkanes) is 3. The molecule has 0 aliphatic carbocycles. The summed E-state index contributed by atoms with van der Waals surface area (Å²) in [6.07, 6.45) is 6.88. The fraction of sp³-hybridized carbons (Fsp3) is 0.643. The minimum Gasteiger partial charge on any atom is -0.394 e. The Hall–Kier alpha value is -8.34. The van der Waals surface area contributed by atoms with E-state index in [1.165, 1.54) is 24.3 Å². The van der Waals surface area contributed by atoms with Gasteiger partial charge in [-0.3, -0.25) is 52.7 Å². The van der Waals surface area contributed by atoms with Crippen molar-refractivity contribution in [2.75, 3.05) is 44.8 Å². The molecular weight excluding hydrogens is 1350 g/mol. The average molecular weight is 1470 g/mol. The monoisotopic (exact) mass is 1460 g/mol. The van der Waals surface area contributed by atoms with Crippen LogP contribution in [0.3, 0.4) is 0 Å². The molecular formula is C70H116N18O14S. The number of carbonyl (C=O) groups excluding carboxylic acids is 12. The number of H-pyrrole nitrogens is 1. The van der Waals surface area contributed by atoms with Crippen molar-refractivity contribution in [3.8, 4) is 0 Å². The zero-order valence-corrected chi connectivity index (χ0v) is 62.1. The van der Waals surface area contributed by atoms with Gasteiger partial charge in [0.2, 0.25) is 59.1 Å². The lowest BCUT2D eigenvalue weighted by Crippen LogP contribution is -2.61. The SMILES string of the molecule is CC[C@H](C)[C@H](NC(=O)[C@H](Cc1cnc[nH]1)NC(=O)[C@H](CCCCN)NC(=O)[C@H](CC(C)C)NC(=O)[C@H](CC(C)C)NC(=O)[C@H](CO)NC(=O)[C@H](CCSC)NOC(=O)N(Cc1ccc2ccccc2c1)C(=O)[C@H](CCCCN)NC(=O)CN)C(=O)N[C@@H](CC(C)C)C(=O)N[C@@H](CCCCN)C(N)=O. The number of aliphatic hydroxyl groups is 1. The number of nitrogens with zero attached hydrogens (tertiary/aromatic N) is 2. The maximum absolute atomic E-state index is 14.7. The molecule has 0 unspecified atom stereocenters. The van der Waals surface area contributed by atoms with Crippen molar-refractivity contribution in [2.45, 2.75) is 219 Å². The highest BCUT2D eigenvalue weighted by atomic mass is 32.2. The molecule has 0 bridgehead atoms. The first kappa shape index (κ1) is 88.9. The molecule has 0 aliphatic rings. The maximum atomic E-state index is 14.7. The number of hydrogen-bond donors (Lipinski definition) is 17. The van der Waals surface area contributed by atoms with Crippen LogP contribution in [0.4, 0.5) is 4.79 Å². The van der Waals surface area contributed by atoms with Crippen molar-refractivity contribution < 1.29 is 67.5 Å². The third kappa shape index (κ3) is 32.1. The minimum atomic E-state index is -1.70. The quantitative estimate of drug-likeness (QED) is 0.0266. The number of aromatic amines is 1. The maximum Gasteiger partial charge on any atom is 0.435 e. The summed E-state index contributed by atoms with van der Waals surface area (Å²) < 4.78 is 0. The van der Waals surface area contributed by atoms with Gasteiger partial charge in [0.1, 0.15) is 60.4 Å². The first-order valence-electron chi connectivity index (χ1n) is 35.7. The van der Waals surface area contributed by atoms with E-state index in [4.69, 9.17) is 33.5 Å². The number of aliphatic hydroxyl groups excluding tert-OH is 1. The summed E-state index contributed by atoms with van der Waals surface area (Å²) in [5, 5.41) is 36.6. The van der Waals surface area contributed by atoms with Crippen molar-refractivity contribution in [2.24, 2.45) is 52.3 Å². The standard InChI is InChI=1S/C70H116N18O14S/c1-10-44(8)59(68(99)84-55(33-43(6)7)63(94)79-49(60(75)91)21-13-16-27-71)86-66(97)56(35-48-37-76-40-77-48)83-61(92)50(22-14-17-28-72)80-64(95)53(31-41(2)3)81-65(96)54(32-42(4)5)82-67(98)57(39-89)85-62(93)51(26-30-103-9)87-102-70(101)88(38-45-24-25-46-19-11-12-20-47(46)34-45)69(100)52(23-15-18-29-73)78-58(90)36-74/h11-12,19-20,24-25,34,37,40-44,49-57,59,87,89H,10,13-18,21-23,26-33,35-36,38-39,71-74H2,1-9H3,(H2,75,91)(H,76,77)(H,78,90)(H,79,94)(H,80,95)(H,81,96)(H,82,98)(H,83,92)(H,84,99)(H,85,93)(H,86,97)/t44-,49-,50-,51-,52-,53-,54-,55-,56-,57-,59-/m0/s1. The van der Waals surface area contributed by atoms with E-state index in [0.29, 0.717) is 75.0 Å². The highest BCUT2D eigenvalue weighted by Gasteiger charge is 2.38. The van der Waals surface area contributed by atoms with E-state index >= 15 is 0 Å². The van der Waals surface area contributed by atoms with Gasteiger partial charge in [-0.05, 0) is 161 Å². The molecule has 32 nitrogen and oxygen atoms in total. The van der Waals surface area contributed by atoms with Gasteiger partial charge in [-0.1, -0.05) is 98.2 Å². The molecule has 576 valence electrons.